The molecule has 1 saturated heterocycles. The Kier molecular flexibility index (Phi) is 6.46. The Morgan fingerprint density at radius 3 is 2.88 bits per heavy atom. The summed E-state index contributed by atoms with van der Waals surface area (Å²) >= 11 is 0. The average Bonchev–Trinajstić information content (AvgIpc) is 2.77. The van der Waals surface area contributed by atoms with Crippen LogP contribution in [0.15, 0.2) is 0 Å². The van der Waals surface area contributed by atoms with Crippen LogP contribution in [0.2, 0.25) is 0 Å². The van der Waals surface area contributed by atoms with Crippen LogP contribution in [0.25, 0.3) is 0 Å². The van der Waals surface area contributed by atoms with E-state index in [-0.39, 0.29) is 18.0 Å². The Balaban J connectivity index is 2.08. The molecule has 1 aliphatic rings. The lowest BCUT2D eigenvalue weighted by atomic mass is 10.1. The lowest BCUT2D eigenvalue weighted by Gasteiger charge is -2.15. The molecule has 1 heterocycles. The van der Waals surface area contributed by atoms with Gasteiger partial charge < -0.3 is 10.1 Å². The first-order chi connectivity index (χ1) is 7.74. The van der Waals surface area contributed by atoms with Crippen LogP contribution in [-0.4, -0.2) is 25.2 Å². The molecule has 0 aromatic rings. The van der Waals surface area contributed by atoms with Gasteiger partial charge in [0.2, 0.25) is 0 Å². The summed E-state index contributed by atoms with van der Waals surface area (Å²) < 4.78 is 5.44. The minimum Gasteiger partial charge on any atom is -0.462 e. The molecule has 1 N–H and O–H groups in total. The van der Waals surface area contributed by atoms with E-state index in [0.29, 0.717) is 0 Å². The number of nitrogens with one attached hydrogen (secondary N) is 1. The summed E-state index contributed by atoms with van der Waals surface area (Å²) in [6.45, 7) is 5.95. The quantitative estimate of drug-likeness (QED) is 0.536. The number of carbonyl (C=O) groups excluding carboxylic acids is 1. The van der Waals surface area contributed by atoms with E-state index in [9.17, 15) is 4.79 Å². The van der Waals surface area contributed by atoms with Gasteiger partial charge in [0, 0.05) is 6.54 Å². The topological polar surface area (TPSA) is 38.3 Å². The zero-order chi connectivity index (χ0) is 11.8. The standard InChI is InChI=1S/C13H25NO2/c1-3-4-5-6-7-11(2)16-13(15)12-8-9-14-10-12/h11-12,14H,3-10H2,1-2H3. The van der Waals surface area contributed by atoms with Crippen molar-refractivity contribution in [1.82, 2.24) is 5.32 Å². The van der Waals surface area contributed by atoms with Gasteiger partial charge in [-0.05, 0) is 32.7 Å². The van der Waals surface area contributed by atoms with Crippen molar-refractivity contribution in [2.24, 2.45) is 5.92 Å². The monoisotopic (exact) mass is 227 g/mol. The molecule has 94 valence electrons. The Morgan fingerprint density at radius 2 is 2.25 bits per heavy atom. The summed E-state index contributed by atoms with van der Waals surface area (Å²) in [5, 5.41) is 3.19. The second-order valence-electron chi connectivity index (χ2n) is 4.79. The third kappa shape index (κ3) is 4.97. The molecule has 0 aliphatic carbocycles. The third-order valence-electron chi connectivity index (χ3n) is 3.18. The molecule has 0 radical (unpaired) electrons. The first-order valence-corrected chi connectivity index (χ1v) is 6.65. The predicted molar refractivity (Wildman–Crippen MR) is 65.3 cm³/mol. The minimum absolute atomic E-state index is 0.00649. The highest BCUT2D eigenvalue weighted by Gasteiger charge is 2.24. The lowest BCUT2D eigenvalue weighted by molar-refractivity contribution is -0.152. The van der Waals surface area contributed by atoms with Crippen molar-refractivity contribution in [2.75, 3.05) is 13.1 Å². The first kappa shape index (κ1) is 13.5. The molecule has 0 aromatic carbocycles. The van der Waals surface area contributed by atoms with Gasteiger partial charge in [0.1, 0.15) is 0 Å². The van der Waals surface area contributed by atoms with Crippen LogP contribution in [-0.2, 0) is 9.53 Å². The van der Waals surface area contributed by atoms with Crippen LogP contribution in [0.3, 0.4) is 0 Å². The first-order valence-electron chi connectivity index (χ1n) is 6.65. The van der Waals surface area contributed by atoms with Gasteiger partial charge in [0.05, 0.1) is 12.0 Å². The van der Waals surface area contributed by atoms with Crippen molar-refractivity contribution >= 4 is 5.97 Å². The van der Waals surface area contributed by atoms with Crippen LogP contribution < -0.4 is 5.32 Å². The largest absolute Gasteiger partial charge is 0.462 e. The Labute approximate surface area is 98.9 Å². The van der Waals surface area contributed by atoms with Gasteiger partial charge in [0.25, 0.3) is 0 Å². The zero-order valence-electron chi connectivity index (χ0n) is 10.6. The van der Waals surface area contributed by atoms with Crippen molar-refractivity contribution in [3.63, 3.8) is 0 Å². The lowest BCUT2D eigenvalue weighted by Crippen LogP contribution is -2.24. The van der Waals surface area contributed by atoms with Crippen molar-refractivity contribution in [3.05, 3.63) is 0 Å². The van der Waals surface area contributed by atoms with Gasteiger partial charge in [0.15, 0.2) is 0 Å². The molecular weight excluding hydrogens is 202 g/mol. The molecule has 2 unspecified atom stereocenters. The Hall–Kier alpha value is -0.570. The molecule has 1 rings (SSSR count). The number of hydrogen-bond acceptors (Lipinski definition) is 3. The summed E-state index contributed by atoms with van der Waals surface area (Å²) in [6.07, 6.45) is 6.99. The van der Waals surface area contributed by atoms with E-state index in [2.05, 4.69) is 12.2 Å². The van der Waals surface area contributed by atoms with E-state index in [4.69, 9.17) is 4.74 Å². The van der Waals surface area contributed by atoms with Crippen molar-refractivity contribution in [3.8, 4) is 0 Å². The Bertz CT molecular complexity index is 200. The van der Waals surface area contributed by atoms with Gasteiger partial charge in [-0.2, -0.15) is 0 Å². The Morgan fingerprint density at radius 1 is 1.44 bits per heavy atom. The van der Waals surface area contributed by atoms with E-state index in [1.165, 1.54) is 25.7 Å². The zero-order valence-corrected chi connectivity index (χ0v) is 10.6. The second kappa shape index (κ2) is 7.66. The van der Waals surface area contributed by atoms with Crippen molar-refractivity contribution in [2.45, 2.75) is 58.5 Å². The normalized spacial score (nSPS) is 22.0. The number of rotatable bonds is 7. The van der Waals surface area contributed by atoms with Gasteiger partial charge in [-0.15, -0.1) is 0 Å². The summed E-state index contributed by atoms with van der Waals surface area (Å²) in [6, 6.07) is 0. The van der Waals surface area contributed by atoms with Crippen molar-refractivity contribution < 1.29 is 9.53 Å². The number of carbonyl (C=O) groups is 1. The van der Waals surface area contributed by atoms with E-state index in [1.807, 2.05) is 6.92 Å². The summed E-state index contributed by atoms with van der Waals surface area (Å²) in [7, 11) is 0. The molecular formula is C13H25NO2. The van der Waals surface area contributed by atoms with Crippen LogP contribution in [0.4, 0.5) is 0 Å². The maximum atomic E-state index is 11.7. The molecule has 0 aromatic heterocycles. The number of ether oxygens (including phenoxy) is 1. The molecule has 3 heteroatoms. The molecule has 2 atom stereocenters. The highest BCUT2D eigenvalue weighted by Crippen LogP contribution is 2.13. The van der Waals surface area contributed by atoms with E-state index >= 15 is 0 Å². The molecule has 1 fully saturated rings. The fourth-order valence-corrected chi connectivity index (χ4v) is 2.07. The number of esters is 1. The number of hydrogen-bond donors (Lipinski definition) is 1. The van der Waals surface area contributed by atoms with E-state index in [0.717, 1.165) is 25.9 Å². The summed E-state index contributed by atoms with van der Waals surface area (Å²) in [4.78, 5) is 11.7. The molecule has 16 heavy (non-hydrogen) atoms. The summed E-state index contributed by atoms with van der Waals surface area (Å²) in [5.74, 6) is 0.0890. The van der Waals surface area contributed by atoms with Gasteiger partial charge in [-0.1, -0.05) is 26.2 Å². The van der Waals surface area contributed by atoms with Gasteiger partial charge in [-0.3, -0.25) is 4.79 Å². The predicted octanol–water partition coefficient (Wildman–Crippen LogP) is 2.50. The van der Waals surface area contributed by atoms with Gasteiger partial charge >= 0.3 is 5.97 Å². The molecule has 0 saturated carbocycles. The molecule has 1 aliphatic heterocycles. The molecule has 0 amide bonds. The van der Waals surface area contributed by atoms with Crippen molar-refractivity contribution in [1.29, 1.82) is 0 Å². The van der Waals surface area contributed by atoms with Crippen LogP contribution >= 0.6 is 0 Å². The smallest absolute Gasteiger partial charge is 0.310 e. The third-order valence-corrected chi connectivity index (χ3v) is 3.18. The van der Waals surface area contributed by atoms with Crippen LogP contribution in [0, 0.1) is 5.92 Å². The van der Waals surface area contributed by atoms with Crippen LogP contribution in [0.5, 0.6) is 0 Å². The highest BCUT2D eigenvalue weighted by atomic mass is 16.5. The maximum absolute atomic E-state index is 11.7. The van der Waals surface area contributed by atoms with E-state index < -0.39 is 0 Å². The second-order valence-corrected chi connectivity index (χ2v) is 4.79. The molecule has 0 spiro atoms. The maximum Gasteiger partial charge on any atom is 0.310 e. The SMILES string of the molecule is CCCCCCC(C)OC(=O)C1CCNC1. The van der Waals surface area contributed by atoms with Crippen LogP contribution in [0.1, 0.15) is 52.4 Å². The highest BCUT2D eigenvalue weighted by molar-refractivity contribution is 5.73. The fraction of sp³-hybridized carbons (Fsp3) is 0.923. The average molecular weight is 227 g/mol. The summed E-state index contributed by atoms with van der Waals surface area (Å²) in [5.41, 5.74) is 0. The molecule has 0 bridgehead atoms. The minimum atomic E-state index is -0.00649. The number of unbranched alkanes of at least 4 members (excludes halogenated alkanes) is 3. The van der Waals surface area contributed by atoms with E-state index in [1.54, 1.807) is 0 Å². The molecule has 3 nitrogen and oxygen atoms in total. The van der Waals surface area contributed by atoms with Gasteiger partial charge in [-0.25, -0.2) is 0 Å². The fourth-order valence-electron chi connectivity index (χ4n) is 2.07.